The zero-order valence-corrected chi connectivity index (χ0v) is 27.5. The maximum Gasteiger partial charge on any atom is 0.135 e. The van der Waals surface area contributed by atoms with Crippen molar-refractivity contribution in [1.82, 2.24) is 0 Å². The molecule has 2 heterocycles. The molecule has 49 heavy (non-hydrogen) atoms. The van der Waals surface area contributed by atoms with E-state index in [1.54, 1.807) is 0 Å². The number of allylic oxidation sites excluding steroid dienone is 6. The van der Waals surface area contributed by atoms with Crippen molar-refractivity contribution < 1.29 is 9.15 Å². The molecule has 2 heteroatoms. The van der Waals surface area contributed by atoms with Crippen LogP contribution in [0.4, 0.5) is 0 Å². The fraction of sp³-hybridized carbons (Fsp3) is 0.149. The Morgan fingerprint density at radius 1 is 0.653 bits per heavy atom. The minimum atomic E-state index is 0.0307. The molecule has 3 atom stereocenters. The van der Waals surface area contributed by atoms with E-state index in [9.17, 15) is 0 Å². The molecule has 0 radical (unpaired) electrons. The van der Waals surface area contributed by atoms with E-state index in [0.29, 0.717) is 5.92 Å². The van der Waals surface area contributed by atoms with Gasteiger partial charge in [0.05, 0.1) is 0 Å². The quantitative estimate of drug-likeness (QED) is 0.177. The molecule has 1 aliphatic heterocycles. The average Bonchev–Trinajstić information content (AvgIpc) is 3.77. The highest BCUT2D eigenvalue weighted by atomic mass is 16.5. The predicted octanol–water partition coefficient (Wildman–Crippen LogP) is 12.3. The highest BCUT2D eigenvalue weighted by molar-refractivity contribution is 6.20. The van der Waals surface area contributed by atoms with Crippen LogP contribution in [0.3, 0.4) is 0 Å². The van der Waals surface area contributed by atoms with E-state index in [-0.39, 0.29) is 17.4 Å². The minimum absolute atomic E-state index is 0.0307. The summed E-state index contributed by atoms with van der Waals surface area (Å²) in [6.45, 7) is 4.86. The highest BCUT2D eigenvalue weighted by Crippen LogP contribution is 2.56. The van der Waals surface area contributed by atoms with Gasteiger partial charge in [0, 0.05) is 22.3 Å². The van der Waals surface area contributed by atoms with E-state index in [1.807, 2.05) is 0 Å². The van der Waals surface area contributed by atoms with Gasteiger partial charge in [-0.3, -0.25) is 0 Å². The van der Waals surface area contributed by atoms with Gasteiger partial charge >= 0.3 is 0 Å². The van der Waals surface area contributed by atoms with Crippen molar-refractivity contribution in [2.45, 2.75) is 37.7 Å². The van der Waals surface area contributed by atoms with Crippen LogP contribution in [0.1, 0.15) is 48.4 Å². The number of hydrogen-bond acceptors (Lipinski definition) is 2. The second-order valence-electron chi connectivity index (χ2n) is 14.7. The van der Waals surface area contributed by atoms with Crippen molar-refractivity contribution in [3.63, 3.8) is 0 Å². The van der Waals surface area contributed by atoms with Gasteiger partial charge in [-0.05, 0) is 109 Å². The van der Waals surface area contributed by atoms with Gasteiger partial charge in [0.25, 0.3) is 0 Å². The second-order valence-corrected chi connectivity index (χ2v) is 14.7. The lowest BCUT2D eigenvalue weighted by atomic mass is 9.71. The van der Waals surface area contributed by atoms with Crippen LogP contribution in [0.2, 0.25) is 0 Å². The van der Waals surface area contributed by atoms with E-state index < -0.39 is 0 Å². The number of rotatable bonds is 2. The Morgan fingerprint density at radius 3 is 2.14 bits per heavy atom. The Morgan fingerprint density at radius 2 is 1.35 bits per heavy atom. The summed E-state index contributed by atoms with van der Waals surface area (Å²) in [5, 5.41) is 7.48. The topological polar surface area (TPSA) is 22.4 Å². The van der Waals surface area contributed by atoms with E-state index in [0.717, 1.165) is 28.7 Å². The first-order valence-corrected chi connectivity index (χ1v) is 17.5. The molecular formula is C47H34O2. The van der Waals surface area contributed by atoms with Crippen LogP contribution in [0, 0.1) is 5.92 Å². The van der Waals surface area contributed by atoms with Crippen LogP contribution in [-0.2, 0) is 5.41 Å². The lowest BCUT2D eigenvalue weighted by Gasteiger charge is -2.32. The van der Waals surface area contributed by atoms with Gasteiger partial charge in [0.2, 0.25) is 0 Å². The van der Waals surface area contributed by atoms with Crippen LogP contribution >= 0.6 is 0 Å². The SMILES string of the molecule is CC1(C)c2ccccc2C2=CC=C(c3c4ccccc4c(-c4ccc5oc6ccc7c(c6c5c4)C4C=CC=CC4O7)c4ccccc34)CC21. The van der Waals surface area contributed by atoms with Crippen molar-refractivity contribution in [2.75, 3.05) is 0 Å². The Balaban J connectivity index is 1.14. The van der Waals surface area contributed by atoms with Crippen LogP contribution in [-0.4, -0.2) is 6.10 Å². The summed E-state index contributed by atoms with van der Waals surface area (Å²) in [6, 6.07) is 38.0. The number of furan rings is 1. The molecule has 7 aromatic rings. The molecule has 0 N–H and O–H groups in total. The van der Waals surface area contributed by atoms with Gasteiger partial charge in [0.15, 0.2) is 0 Å². The highest BCUT2D eigenvalue weighted by Gasteiger charge is 2.44. The van der Waals surface area contributed by atoms with Gasteiger partial charge in [-0.1, -0.05) is 123 Å². The van der Waals surface area contributed by atoms with E-state index in [4.69, 9.17) is 9.15 Å². The monoisotopic (exact) mass is 630 g/mol. The molecule has 3 aliphatic carbocycles. The lowest BCUT2D eigenvalue weighted by molar-refractivity contribution is 0.269. The molecule has 0 bridgehead atoms. The van der Waals surface area contributed by atoms with E-state index in [2.05, 4.69) is 153 Å². The third-order valence-corrected chi connectivity index (χ3v) is 11.9. The average molecular weight is 631 g/mol. The molecule has 0 amide bonds. The van der Waals surface area contributed by atoms with Crippen LogP contribution < -0.4 is 4.74 Å². The zero-order valence-electron chi connectivity index (χ0n) is 27.5. The van der Waals surface area contributed by atoms with Crippen LogP contribution in [0.5, 0.6) is 5.75 Å². The van der Waals surface area contributed by atoms with Crippen molar-refractivity contribution in [1.29, 1.82) is 0 Å². The first kappa shape index (κ1) is 27.4. The molecule has 6 aromatic carbocycles. The summed E-state index contributed by atoms with van der Waals surface area (Å²) in [5.41, 5.74) is 12.8. The molecule has 1 aromatic heterocycles. The normalized spacial score (nSPS) is 21.4. The molecule has 0 saturated carbocycles. The molecule has 0 fully saturated rings. The Kier molecular flexibility index (Phi) is 5.44. The summed E-state index contributed by atoms with van der Waals surface area (Å²) in [7, 11) is 0. The van der Waals surface area contributed by atoms with Gasteiger partial charge < -0.3 is 9.15 Å². The van der Waals surface area contributed by atoms with E-state index in [1.165, 1.54) is 71.5 Å². The molecule has 4 aliphatic rings. The fourth-order valence-electron chi connectivity index (χ4n) is 9.65. The minimum Gasteiger partial charge on any atom is -0.485 e. The molecule has 11 rings (SSSR count). The molecular weight excluding hydrogens is 597 g/mol. The Labute approximate surface area is 285 Å². The van der Waals surface area contributed by atoms with Crippen molar-refractivity contribution >= 4 is 54.6 Å². The summed E-state index contributed by atoms with van der Waals surface area (Å²) in [6.07, 6.45) is 14.5. The first-order chi connectivity index (χ1) is 24.1. The second kappa shape index (κ2) is 9.74. The van der Waals surface area contributed by atoms with Gasteiger partial charge in [-0.25, -0.2) is 0 Å². The molecule has 0 saturated heterocycles. The maximum atomic E-state index is 6.49. The molecule has 0 spiro atoms. The van der Waals surface area contributed by atoms with Crippen molar-refractivity contribution in [3.05, 3.63) is 162 Å². The third kappa shape index (κ3) is 3.67. The van der Waals surface area contributed by atoms with Crippen LogP contribution in [0.25, 0.3) is 65.8 Å². The number of fused-ring (bicyclic) bond motifs is 12. The van der Waals surface area contributed by atoms with Crippen LogP contribution in [0.15, 0.2) is 144 Å². The smallest absolute Gasteiger partial charge is 0.135 e. The van der Waals surface area contributed by atoms with Crippen molar-refractivity contribution in [2.24, 2.45) is 5.92 Å². The van der Waals surface area contributed by atoms with Gasteiger partial charge in [-0.2, -0.15) is 0 Å². The third-order valence-electron chi connectivity index (χ3n) is 11.9. The number of ether oxygens (including phenoxy) is 1. The number of benzene rings is 6. The predicted molar refractivity (Wildman–Crippen MR) is 203 cm³/mol. The van der Waals surface area contributed by atoms with Gasteiger partial charge in [0.1, 0.15) is 23.0 Å². The fourth-order valence-corrected chi connectivity index (χ4v) is 9.65. The lowest BCUT2D eigenvalue weighted by Crippen LogP contribution is -2.24. The summed E-state index contributed by atoms with van der Waals surface area (Å²) in [5.74, 6) is 1.59. The van der Waals surface area contributed by atoms with Gasteiger partial charge in [-0.15, -0.1) is 0 Å². The standard InChI is InChI=1S/C47H34O2/c1-47(2)37-17-9-7-11-29(37)30-21-19-28(26-38(30)47)44-33-14-5-3-12-31(33)43(32-13-4-6-15-34(32)44)27-20-22-40-36(25-27)46-42(49-40)24-23-41-45(46)35-16-8-10-18-39(35)48-41/h3-25,35,38-39H,26H2,1-2H3. The summed E-state index contributed by atoms with van der Waals surface area (Å²) < 4.78 is 12.9. The molecule has 3 unspecified atom stereocenters. The summed E-state index contributed by atoms with van der Waals surface area (Å²) >= 11 is 0. The van der Waals surface area contributed by atoms with Crippen molar-refractivity contribution in [3.8, 4) is 16.9 Å². The van der Waals surface area contributed by atoms with E-state index >= 15 is 0 Å². The molecule has 2 nitrogen and oxygen atoms in total. The zero-order chi connectivity index (χ0) is 32.4. The maximum absolute atomic E-state index is 6.49. The largest absolute Gasteiger partial charge is 0.485 e. The molecule has 234 valence electrons. The first-order valence-electron chi connectivity index (χ1n) is 17.5. The summed E-state index contributed by atoms with van der Waals surface area (Å²) in [4.78, 5) is 0. The number of hydrogen-bond donors (Lipinski definition) is 0. The Bertz CT molecular complexity index is 2650. The Hall–Kier alpha value is -5.60.